The summed E-state index contributed by atoms with van der Waals surface area (Å²) in [6.07, 6.45) is 0. The average molecular weight is 441 g/mol. The fourth-order valence-corrected chi connectivity index (χ4v) is 3.99. The normalized spacial score (nSPS) is 12.5. The number of anilines is 2. The Balaban J connectivity index is 1.97. The first-order valence-electron chi connectivity index (χ1n) is 10.9. The molecule has 3 rings (SSSR count). The third kappa shape index (κ3) is 4.94. The van der Waals surface area contributed by atoms with E-state index in [1.54, 1.807) is 12.1 Å². The van der Waals surface area contributed by atoms with Crippen molar-refractivity contribution in [3.8, 4) is 5.75 Å². The van der Waals surface area contributed by atoms with E-state index in [0.717, 1.165) is 16.8 Å². The fraction of sp³-hybridized carbons (Fsp3) is 0.375. The SMILES string of the molecule is C=C1c2c(C)ccc(O)c2C(=O)c2c(NCCNCCO)ccc(NCCNCCO)c21. The first kappa shape index (κ1) is 23.7. The molecule has 1 aliphatic rings. The van der Waals surface area contributed by atoms with Crippen LogP contribution in [-0.2, 0) is 0 Å². The zero-order chi connectivity index (χ0) is 23.1. The number of carbonyl (C=O) groups excluding carboxylic acids is 1. The molecular formula is C24H32N4O4. The highest BCUT2D eigenvalue weighted by Crippen LogP contribution is 2.45. The monoisotopic (exact) mass is 440 g/mol. The van der Waals surface area contributed by atoms with E-state index < -0.39 is 0 Å². The lowest BCUT2D eigenvalue weighted by Gasteiger charge is -2.28. The number of aryl methyl sites for hydroxylation is 1. The molecule has 0 saturated heterocycles. The van der Waals surface area contributed by atoms with Crippen LogP contribution in [0, 0.1) is 6.92 Å². The molecular weight excluding hydrogens is 408 g/mol. The van der Waals surface area contributed by atoms with Crippen molar-refractivity contribution in [3.63, 3.8) is 0 Å². The van der Waals surface area contributed by atoms with Gasteiger partial charge in [-0.2, -0.15) is 0 Å². The largest absolute Gasteiger partial charge is 0.507 e. The lowest BCUT2D eigenvalue weighted by atomic mass is 9.78. The van der Waals surface area contributed by atoms with Crippen LogP contribution in [0.25, 0.3) is 5.57 Å². The van der Waals surface area contributed by atoms with Crippen LogP contribution in [0.2, 0.25) is 0 Å². The van der Waals surface area contributed by atoms with E-state index in [9.17, 15) is 9.90 Å². The van der Waals surface area contributed by atoms with Gasteiger partial charge in [-0.15, -0.1) is 0 Å². The van der Waals surface area contributed by atoms with Gasteiger partial charge in [0.2, 0.25) is 0 Å². The minimum atomic E-state index is -0.239. The predicted molar refractivity (Wildman–Crippen MR) is 128 cm³/mol. The number of aromatic hydroxyl groups is 1. The van der Waals surface area contributed by atoms with Crippen LogP contribution in [0.1, 0.15) is 32.6 Å². The zero-order valence-electron chi connectivity index (χ0n) is 18.4. The fourth-order valence-electron chi connectivity index (χ4n) is 3.99. The molecule has 32 heavy (non-hydrogen) atoms. The molecule has 7 N–H and O–H groups in total. The molecule has 0 bridgehead atoms. The molecule has 0 fully saturated rings. The van der Waals surface area contributed by atoms with Crippen LogP contribution in [0.4, 0.5) is 11.4 Å². The van der Waals surface area contributed by atoms with Gasteiger partial charge in [0, 0.05) is 56.2 Å². The van der Waals surface area contributed by atoms with Gasteiger partial charge >= 0.3 is 0 Å². The number of phenolic OH excluding ortho intramolecular Hbond substituents is 1. The standard InChI is InChI=1S/C24H32N4O4/c1-15-3-6-19(31)23-20(15)16(2)21-17(27-9-7-25-11-13-29)4-5-18(22(21)24(23)32)28-10-8-26-12-14-30/h3-6,25-31H,2,7-14H2,1H3. The van der Waals surface area contributed by atoms with Crippen molar-refractivity contribution >= 4 is 22.7 Å². The number of ketones is 1. The lowest BCUT2D eigenvalue weighted by Crippen LogP contribution is -2.27. The van der Waals surface area contributed by atoms with Gasteiger partial charge in [-0.25, -0.2) is 0 Å². The van der Waals surface area contributed by atoms with Crippen LogP contribution in [0.3, 0.4) is 0 Å². The maximum atomic E-state index is 13.6. The minimum absolute atomic E-state index is 0.0514. The Bertz CT molecular complexity index is 912. The van der Waals surface area contributed by atoms with E-state index in [2.05, 4.69) is 27.8 Å². The minimum Gasteiger partial charge on any atom is -0.507 e. The Kier molecular flexibility index (Phi) is 8.24. The molecule has 0 aliphatic heterocycles. The number of nitrogens with one attached hydrogen (secondary N) is 4. The highest BCUT2D eigenvalue weighted by molar-refractivity contribution is 6.24. The van der Waals surface area contributed by atoms with E-state index in [4.69, 9.17) is 10.2 Å². The Morgan fingerprint density at radius 3 is 1.88 bits per heavy atom. The molecule has 0 amide bonds. The number of hydrogen-bond donors (Lipinski definition) is 7. The first-order chi connectivity index (χ1) is 15.5. The maximum absolute atomic E-state index is 13.6. The van der Waals surface area contributed by atoms with Crippen molar-refractivity contribution in [2.75, 3.05) is 63.1 Å². The summed E-state index contributed by atoms with van der Waals surface area (Å²) in [5.41, 5.74) is 5.20. The number of benzene rings is 2. The number of aliphatic hydroxyl groups excluding tert-OH is 2. The van der Waals surface area contributed by atoms with Crippen LogP contribution < -0.4 is 21.3 Å². The van der Waals surface area contributed by atoms with Crippen LogP contribution in [-0.4, -0.2) is 73.6 Å². The van der Waals surface area contributed by atoms with Gasteiger partial charge in [-0.3, -0.25) is 4.79 Å². The Labute approximate surface area is 188 Å². The molecule has 0 unspecified atom stereocenters. The molecule has 0 spiro atoms. The van der Waals surface area contributed by atoms with Crippen molar-refractivity contribution in [1.29, 1.82) is 0 Å². The summed E-state index contributed by atoms with van der Waals surface area (Å²) in [7, 11) is 0. The third-order valence-electron chi connectivity index (χ3n) is 5.47. The molecule has 2 aromatic carbocycles. The second-order valence-corrected chi connectivity index (χ2v) is 7.67. The zero-order valence-corrected chi connectivity index (χ0v) is 18.4. The topological polar surface area (TPSA) is 126 Å². The van der Waals surface area contributed by atoms with Crippen LogP contribution in [0.15, 0.2) is 30.8 Å². The number of aliphatic hydroxyl groups is 2. The molecule has 0 radical (unpaired) electrons. The van der Waals surface area contributed by atoms with Gasteiger partial charge in [0.25, 0.3) is 0 Å². The molecule has 0 saturated carbocycles. The van der Waals surface area contributed by atoms with Crippen molar-refractivity contribution < 1.29 is 20.1 Å². The van der Waals surface area contributed by atoms with Crippen LogP contribution >= 0.6 is 0 Å². The predicted octanol–water partition coefficient (Wildman–Crippen LogP) is 1.29. The highest BCUT2D eigenvalue weighted by atomic mass is 16.3. The molecule has 172 valence electrons. The summed E-state index contributed by atoms with van der Waals surface area (Å²) in [4.78, 5) is 13.6. The van der Waals surface area contributed by atoms with E-state index in [-0.39, 0.29) is 30.3 Å². The van der Waals surface area contributed by atoms with E-state index in [1.165, 1.54) is 0 Å². The summed E-state index contributed by atoms with van der Waals surface area (Å²) < 4.78 is 0. The van der Waals surface area contributed by atoms with Gasteiger partial charge in [-0.1, -0.05) is 12.6 Å². The van der Waals surface area contributed by atoms with Gasteiger partial charge in [0.15, 0.2) is 5.78 Å². The van der Waals surface area contributed by atoms with Crippen molar-refractivity contribution in [3.05, 3.63) is 58.7 Å². The number of hydrogen-bond acceptors (Lipinski definition) is 8. The maximum Gasteiger partial charge on any atom is 0.200 e. The van der Waals surface area contributed by atoms with Crippen molar-refractivity contribution in [2.45, 2.75) is 6.92 Å². The molecule has 2 aromatic rings. The quantitative estimate of drug-likeness (QED) is 0.210. The van der Waals surface area contributed by atoms with E-state index in [1.807, 2.05) is 19.1 Å². The smallest absolute Gasteiger partial charge is 0.200 e. The Morgan fingerprint density at radius 1 is 0.750 bits per heavy atom. The van der Waals surface area contributed by atoms with Gasteiger partial charge in [0.1, 0.15) is 5.75 Å². The third-order valence-corrected chi connectivity index (χ3v) is 5.47. The highest BCUT2D eigenvalue weighted by Gasteiger charge is 2.33. The summed E-state index contributed by atoms with van der Waals surface area (Å²) in [5, 5.41) is 41.2. The second-order valence-electron chi connectivity index (χ2n) is 7.67. The summed E-state index contributed by atoms with van der Waals surface area (Å²) in [5.74, 6) is -0.291. The number of fused-ring (bicyclic) bond motifs is 2. The number of rotatable bonds is 12. The number of phenols is 1. The average Bonchev–Trinajstić information content (AvgIpc) is 2.78. The Hall–Kier alpha value is -2.91. The van der Waals surface area contributed by atoms with E-state index >= 15 is 0 Å². The molecule has 0 heterocycles. The molecule has 0 aromatic heterocycles. The Morgan fingerprint density at radius 2 is 1.31 bits per heavy atom. The summed E-state index contributed by atoms with van der Waals surface area (Å²) >= 11 is 0. The van der Waals surface area contributed by atoms with Crippen molar-refractivity contribution in [2.24, 2.45) is 0 Å². The van der Waals surface area contributed by atoms with Gasteiger partial charge < -0.3 is 36.6 Å². The summed E-state index contributed by atoms with van der Waals surface area (Å²) in [6.45, 7) is 9.82. The summed E-state index contributed by atoms with van der Waals surface area (Å²) in [6, 6.07) is 7.12. The molecule has 8 heteroatoms. The van der Waals surface area contributed by atoms with Crippen molar-refractivity contribution in [1.82, 2.24) is 10.6 Å². The molecule has 8 nitrogen and oxygen atoms in total. The van der Waals surface area contributed by atoms with E-state index in [0.29, 0.717) is 61.7 Å². The van der Waals surface area contributed by atoms with Crippen LogP contribution in [0.5, 0.6) is 5.75 Å². The number of carbonyl (C=O) groups is 1. The lowest BCUT2D eigenvalue weighted by molar-refractivity contribution is 0.103. The second kappa shape index (κ2) is 11.1. The van der Waals surface area contributed by atoms with Gasteiger partial charge in [0.05, 0.1) is 24.3 Å². The molecule has 0 atom stereocenters. The first-order valence-corrected chi connectivity index (χ1v) is 10.9. The van der Waals surface area contributed by atoms with Gasteiger partial charge in [-0.05, 0) is 41.8 Å². The molecule has 1 aliphatic carbocycles.